The van der Waals surface area contributed by atoms with Crippen LogP contribution in [0.4, 0.5) is 4.39 Å². The van der Waals surface area contributed by atoms with E-state index in [4.69, 9.17) is 9.47 Å². The van der Waals surface area contributed by atoms with Crippen LogP contribution in [0.3, 0.4) is 0 Å². The molecule has 5 heteroatoms. The van der Waals surface area contributed by atoms with Gasteiger partial charge in [-0.25, -0.2) is 4.39 Å². The summed E-state index contributed by atoms with van der Waals surface area (Å²) in [5, 5.41) is 12.8. The van der Waals surface area contributed by atoms with E-state index in [1.807, 2.05) is 0 Å². The molecule has 0 fully saturated rings. The van der Waals surface area contributed by atoms with Crippen LogP contribution in [0.15, 0.2) is 12.1 Å². The van der Waals surface area contributed by atoms with Gasteiger partial charge in [-0.05, 0) is 19.2 Å². The van der Waals surface area contributed by atoms with E-state index < -0.39 is 12.8 Å². The van der Waals surface area contributed by atoms with Gasteiger partial charge in [0.1, 0.15) is 18.2 Å². The van der Waals surface area contributed by atoms with Crippen LogP contribution in [0.5, 0.6) is 11.5 Å². The zero-order valence-corrected chi connectivity index (χ0v) is 10.3. The van der Waals surface area contributed by atoms with Gasteiger partial charge in [-0.1, -0.05) is 0 Å². The Morgan fingerprint density at radius 2 is 1.94 bits per heavy atom. The normalized spacial score (nSPS) is 12.3. The number of ether oxygens (including phenoxy) is 2. The van der Waals surface area contributed by atoms with E-state index >= 15 is 0 Å². The maximum atomic E-state index is 12.8. The van der Waals surface area contributed by atoms with Crippen molar-refractivity contribution in [2.75, 3.05) is 27.8 Å². The van der Waals surface area contributed by atoms with Gasteiger partial charge in [0.25, 0.3) is 0 Å². The van der Waals surface area contributed by atoms with Crippen molar-refractivity contribution in [1.82, 2.24) is 5.32 Å². The number of alkyl halides is 1. The number of methoxy groups -OCH3 is 2. The van der Waals surface area contributed by atoms with Crippen molar-refractivity contribution in [3.63, 3.8) is 0 Å². The van der Waals surface area contributed by atoms with Crippen LogP contribution in [-0.2, 0) is 6.67 Å². The average molecular weight is 243 g/mol. The molecule has 4 nitrogen and oxygen atoms in total. The topological polar surface area (TPSA) is 50.7 Å². The smallest absolute Gasteiger partial charge is 0.125 e. The summed E-state index contributed by atoms with van der Waals surface area (Å²) in [5.74, 6) is 0.875. The summed E-state index contributed by atoms with van der Waals surface area (Å²) in [6, 6.07) is 3.16. The highest BCUT2D eigenvalue weighted by Crippen LogP contribution is 2.33. The lowest BCUT2D eigenvalue weighted by Gasteiger charge is -2.17. The molecule has 0 aliphatic rings. The molecule has 2 N–H and O–H groups in total. The summed E-state index contributed by atoms with van der Waals surface area (Å²) in [6.45, 7) is -0.254. The molecule has 1 unspecified atom stereocenters. The maximum Gasteiger partial charge on any atom is 0.125 e. The summed E-state index contributed by atoms with van der Waals surface area (Å²) < 4.78 is 23.0. The highest BCUT2D eigenvalue weighted by Gasteiger charge is 2.16. The van der Waals surface area contributed by atoms with Gasteiger partial charge in [0.15, 0.2) is 0 Å². The van der Waals surface area contributed by atoms with Gasteiger partial charge in [0.2, 0.25) is 0 Å². The standard InChI is InChI=1S/C12H18FNO3/c1-14-7-10(15)9-5-11(16-2)8(6-13)4-12(9)17-3/h4-5,10,14-15H,6-7H2,1-3H3. The lowest BCUT2D eigenvalue weighted by molar-refractivity contribution is 0.173. The maximum absolute atomic E-state index is 12.8. The Labute approximate surface area is 100 Å². The minimum absolute atomic E-state index is 0.383. The van der Waals surface area contributed by atoms with Crippen molar-refractivity contribution in [3.05, 3.63) is 23.3 Å². The van der Waals surface area contributed by atoms with Crippen LogP contribution >= 0.6 is 0 Å². The van der Waals surface area contributed by atoms with E-state index in [2.05, 4.69) is 5.32 Å². The number of aliphatic hydroxyl groups excluding tert-OH is 1. The summed E-state index contributed by atoms with van der Waals surface area (Å²) in [7, 11) is 4.69. The Bertz CT molecular complexity index is 371. The van der Waals surface area contributed by atoms with Crippen molar-refractivity contribution < 1.29 is 19.0 Å². The number of halogens is 1. The Morgan fingerprint density at radius 1 is 1.29 bits per heavy atom. The van der Waals surface area contributed by atoms with E-state index in [0.29, 0.717) is 29.2 Å². The van der Waals surface area contributed by atoms with Gasteiger partial charge in [-0.3, -0.25) is 0 Å². The molecule has 96 valence electrons. The van der Waals surface area contributed by atoms with Crippen LogP contribution in [0.1, 0.15) is 17.2 Å². The van der Waals surface area contributed by atoms with Gasteiger partial charge < -0.3 is 19.9 Å². The van der Waals surface area contributed by atoms with Crippen LogP contribution < -0.4 is 14.8 Å². The molecule has 1 atom stereocenters. The highest BCUT2D eigenvalue weighted by molar-refractivity contribution is 5.47. The molecular formula is C12H18FNO3. The molecule has 0 aliphatic carbocycles. The summed E-state index contributed by atoms with van der Waals surface area (Å²) >= 11 is 0. The van der Waals surface area contributed by atoms with Crippen LogP contribution in [0.2, 0.25) is 0 Å². The molecule has 0 saturated heterocycles. The van der Waals surface area contributed by atoms with Crippen LogP contribution in [0.25, 0.3) is 0 Å². The first-order valence-electron chi connectivity index (χ1n) is 5.31. The Kier molecular flexibility index (Phi) is 5.18. The first kappa shape index (κ1) is 13.7. The Balaban J connectivity index is 3.18. The third kappa shape index (κ3) is 3.08. The first-order chi connectivity index (χ1) is 8.17. The molecule has 0 spiro atoms. The minimum Gasteiger partial charge on any atom is -0.496 e. The quantitative estimate of drug-likeness (QED) is 0.793. The second kappa shape index (κ2) is 6.42. The van der Waals surface area contributed by atoms with Gasteiger partial charge in [0.05, 0.1) is 20.3 Å². The number of hydrogen-bond donors (Lipinski definition) is 2. The average Bonchev–Trinajstić information content (AvgIpc) is 2.37. The fraction of sp³-hybridized carbons (Fsp3) is 0.500. The van der Waals surface area contributed by atoms with E-state index in [9.17, 15) is 9.50 Å². The van der Waals surface area contributed by atoms with Crippen molar-refractivity contribution in [1.29, 1.82) is 0 Å². The van der Waals surface area contributed by atoms with E-state index in [0.717, 1.165) is 0 Å². The monoisotopic (exact) mass is 243 g/mol. The van der Waals surface area contributed by atoms with Crippen molar-refractivity contribution in [2.24, 2.45) is 0 Å². The summed E-state index contributed by atoms with van der Waals surface area (Å²) in [6.07, 6.45) is -0.725. The molecule has 1 aromatic rings. The largest absolute Gasteiger partial charge is 0.496 e. The first-order valence-corrected chi connectivity index (χ1v) is 5.31. The molecule has 0 aromatic heterocycles. The predicted octanol–water partition coefficient (Wildman–Crippen LogP) is 1.43. The molecule has 0 aliphatic heterocycles. The molecule has 0 radical (unpaired) electrons. The van der Waals surface area contributed by atoms with Crippen molar-refractivity contribution in [3.8, 4) is 11.5 Å². The number of benzene rings is 1. The molecule has 0 amide bonds. The van der Waals surface area contributed by atoms with E-state index in [1.54, 1.807) is 19.2 Å². The third-order valence-corrected chi connectivity index (χ3v) is 2.53. The van der Waals surface area contributed by atoms with Crippen molar-refractivity contribution >= 4 is 0 Å². The number of rotatable bonds is 6. The Morgan fingerprint density at radius 3 is 2.41 bits per heavy atom. The summed E-state index contributed by atoms with van der Waals surface area (Å²) in [5.41, 5.74) is 0.987. The SMILES string of the molecule is CNCC(O)c1cc(OC)c(CF)cc1OC. The molecule has 17 heavy (non-hydrogen) atoms. The van der Waals surface area contributed by atoms with Crippen LogP contribution in [0, 0.1) is 0 Å². The fourth-order valence-electron chi connectivity index (χ4n) is 1.65. The van der Waals surface area contributed by atoms with E-state index in [-0.39, 0.29) is 0 Å². The second-order valence-corrected chi connectivity index (χ2v) is 3.61. The van der Waals surface area contributed by atoms with Crippen molar-refractivity contribution in [2.45, 2.75) is 12.8 Å². The van der Waals surface area contributed by atoms with Gasteiger partial charge in [0, 0.05) is 17.7 Å². The van der Waals surface area contributed by atoms with Gasteiger partial charge in [-0.15, -0.1) is 0 Å². The zero-order chi connectivity index (χ0) is 12.8. The molecule has 1 aromatic carbocycles. The number of hydrogen-bond acceptors (Lipinski definition) is 4. The second-order valence-electron chi connectivity index (χ2n) is 3.61. The lowest BCUT2D eigenvalue weighted by atomic mass is 10.0. The van der Waals surface area contributed by atoms with E-state index in [1.165, 1.54) is 14.2 Å². The fourth-order valence-corrected chi connectivity index (χ4v) is 1.65. The molecule has 0 bridgehead atoms. The van der Waals surface area contributed by atoms with Gasteiger partial charge in [-0.2, -0.15) is 0 Å². The number of nitrogens with one attached hydrogen (secondary N) is 1. The minimum atomic E-state index is -0.725. The van der Waals surface area contributed by atoms with Gasteiger partial charge >= 0.3 is 0 Å². The lowest BCUT2D eigenvalue weighted by Crippen LogP contribution is -2.17. The zero-order valence-electron chi connectivity index (χ0n) is 10.3. The summed E-state index contributed by atoms with van der Waals surface area (Å²) in [4.78, 5) is 0. The highest BCUT2D eigenvalue weighted by atomic mass is 19.1. The number of aliphatic hydroxyl groups is 1. The molecule has 0 heterocycles. The molecule has 0 saturated carbocycles. The predicted molar refractivity (Wildman–Crippen MR) is 63.2 cm³/mol. The third-order valence-electron chi connectivity index (χ3n) is 2.53. The number of likely N-dealkylation sites (N-methyl/N-ethyl adjacent to an activating group) is 1. The van der Waals surface area contributed by atoms with Crippen LogP contribution in [-0.4, -0.2) is 32.9 Å². The Hall–Kier alpha value is -1.33. The molecule has 1 rings (SSSR count). The molecular weight excluding hydrogens is 225 g/mol.